The lowest BCUT2D eigenvalue weighted by Crippen LogP contribution is -2.09. The molecule has 0 spiro atoms. The summed E-state index contributed by atoms with van der Waals surface area (Å²) in [4.78, 5) is 12.4. The molecule has 58 heavy (non-hydrogen) atoms. The molecule has 2 aromatic heterocycles. The smallest absolute Gasteiger partial charge is 0.160 e. The molecule has 0 aliphatic heterocycles. The third-order valence-corrected chi connectivity index (χ3v) is 11.0. The van der Waals surface area contributed by atoms with Crippen molar-refractivity contribution in [3.05, 3.63) is 217 Å². The monoisotopic (exact) mass is 744 g/mol. The van der Waals surface area contributed by atoms with Crippen LogP contribution in [0.5, 0.6) is 0 Å². The highest BCUT2D eigenvalue weighted by atomic mass is 15.1. The minimum Gasteiger partial charge on any atom is -0.310 e. The van der Waals surface area contributed by atoms with E-state index in [1.54, 1.807) is 0 Å². The summed E-state index contributed by atoms with van der Waals surface area (Å²) in [6.45, 7) is 4.41. The third-order valence-electron chi connectivity index (χ3n) is 11.0. The second-order valence-corrected chi connectivity index (χ2v) is 14.8. The molecule has 0 N–H and O–H groups in total. The molecule has 0 fully saturated rings. The molecule has 0 aliphatic rings. The lowest BCUT2D eigenvalue weighted by molar-refractivity contribution is 1.18. The number of aromatic nitrogens is 3. The summed E-state index contributed by atoms with van der Waals surface area (Å²) in [5.74, 6) is 0.720. The van der Waals surface area contributed by atoms with E-state index in [1.807, 2.05) is 24.3 Å². The van der Waals surface area contributed by atoms with Crippen LogP contribution < -0.4 is 4.90 Å². The predicted octanol–water partition coefficient (Wildman–Crippen LogP) is 14.3. The van der Waals surface area contributed by atoms with Gasteiger partial charge >= 0.3 is 0 Å². The van der Waals surface area contributed by atoms with E-state index in [9.17, 15) is 0 Å². The van der Waals surface area contributed by atoms with Gasteiger partial charge in [-0.2, -0.15) is 0 Å². The Hall–Kier alpha value is -7.56. The van der Waals surface area contributed by atoms with Gasteiger partial charge in [0.15, 0.2) is 5.82 Å². The van der Waals surface area contributed by atoms with Crippen molar-refractivity contribution in [2.45, 2.75) is 13.8 Å². The maximum Gasteiger partial charge on any atom is 0.160 e. The molecule has 0 radical (unpaired) electrons. The normalized spacial score (nSPS) is 11.3. The number of rotatable bonds is 8. The Bertz CT molecular complexity index is 2920. The quantitative estimate of drug-likeness (QED) is 0.155. The fourth-order valence-corrected chi connectivity index (χ4v) is 8.39. The average Bonchev–Trinajstić information content (AvgIpc) is 3.61. The lowest BCUT2D eigenvalue weighted by Gasteiger charge is -2.25. The van der Waals surface area contributed by atoms with Gasteiger partial charge in [-0.05, 0) is 115 Å². The van der Waals surface area contributed by atoms with Crippen molar-refractivity contribution in [3.8, 4) is 50.7 Å². The lowest BCUT2D eigenvalue weighted by atomic mass is 9.92. The highest BCUT2D eigenvalue weighted by molar-refractivity contribution is 6.10. The molecular formula is C54H40N4. The number of aryl methyl sites for hydroxylation is 2. The van der Waals surface area contributed by atoms with Gasteiger partial charge in [-0.25, -0.2) is 9.97 Å². The summed E-state index contributed by atoms with van der Waals surface area (Å²) in [6, 6.07) is 73.0. The number of hydrogen-bond donors (Lipinski definition) is 0. The predicted molar refractivity (Wildman–Crippen MR) is 242 cm³/mol. The van der Waals surface area contributed by atoms with Crippen LogP contribution in [0, 0.1) is 13.8 Å². The largest absolute Gasteiger partial charge is 0.310 e. The number of anilines is 3. The number of fused-ring (bicyclic) bond motifs is 3. The van der Waals surface area contributed by atoms with Crippen LogP contribution in [0.3, 0.4) is 0 Å². The van der Waals surface area contributed by atoms with Crippen LogP contribution >= 0.6 is 0 Å². The van der Waals surface area contributed by atoms with Gasteiger partial charge in [-0.1, -0.05) is 127 Å². The van der Waals surface area contributed by atoms with Crippen LogP contribution in [0.25, 0.3) is 72.5 Å². The molecule has 0 aliphatic carbocycles. The molecule has 0 bridgehead atoms. The zero-order valence-corrected chi connectivity index (χ0v) is 32.4. The Morgan fingerprint density at radius 3 is 1.52 bits per heavy atom. The van der Waals surface area contributed by atoms with E-state index in [0.29, 0.717) is 0 Å². The molecule has 0 amide bonds. The van der Waals surface area contributed by atoms with Crippen LogP contribution in [-0.4, -0.2) is 14.5 Å². The standard InChI is InChI=1S/C54H40N4/c1-37-33-42(50-36-49(39-17-7-3-8-18-39)55-54(56-50)41-19-9-4-10-20-41)34-38(2)53(37)40-27-29-45(30-28-40)58-51-26-16-15-25-47(51)48-35-46(31-32-52(48)58)57(43-21-11-5-12-22-43)44-23-13-6-14-24-44/h3-36H,1-2H3. The van der Waals surface area contributed by atoms with Crippen molar-refractivity contribution in [1.29, 1.82) is 0 Å². The van der Waals surface area contributed by atoms with Crippen LogP contribution in [0.15, 0.2) is 206 Å². The number of nitrogens with zero attached hydrogens (tertiary/aromatic N) is 4. The van der Waals surface area contributed by atoms with Crippen molar-refractivity contribution in [3.63, 3.8) is 0 Å². The van der Waals surface area contributed by atoms with Gasteiger partial charge in [-0.3, -0.25) is 0 Å². The summed E-state index contributed by atoms with van der Waals surface area (Å²) in [5, 5.41) is 2.44. The molecular weight excluding hydrogens is 705 g/mol. The van der Waals surface area contributed by atoms with E-state index in [4.69, 9.17) is 9.97 Å². The van der Waals surface area contributed by atoms with Gasteiger partial charge in [0.2, 0.25) is 0 Å². The zero-order chi connectivity index (χ0) is 39.0. The Kier molecular flexibility index (Phi) is 8.92. The summed E-state index contributed by atoms with van der Waals surface area (Å²) in [5.41, 5.74) is 16.6. The highest BCUT2D eigenvalue weighted by Crippen LogP contribution is 2.40. The first-order valence-corrected chi connectivity index (χ1v) is 19.7. The van der Waals surface area contributed by atoms with Gasteiger partial charge in [-0.15, -0.1) is 0 Å². The molecule has 276 valence electrons. The van der Waals surface area contributed by atoms with E-state index < -0.39 is 0 Å². The fraction of sp³-hybridized carbons (Fsp3) is 0.0370. The van der Waals surface area contributed by atoms with Crippen LogP contribution in [0.4, 0.5) is 17.1 Å². The zero-order valence-electron chi connectivity index (χ0n) is 32.4. The molecule has 4 nitrogen and oxygen atoms in total. The molecule has 0 saturated carbocycles. The Morgan fingerprint density at radius 2 is 0.897 bits per heavy atom. The Labute approximate surface area is 339 Å². The first-order valence-electron chi connectivity index (χ1n) is 19.7. The minimum atomic E-state index is 0.720. The molecule has 0 saturated heterocycles. The second kappa shape index (κ2) is 14.8. The van der Waals surface area contributed by atoms with Crippen LogP contribution in [0.1, 0.15) is 11.1 Å². The van der Waals surface area contributed by atoms with E-state index in [2.05, 4.69) is 205 Å². The first-order chi connectivity index (χ1) is 28.6. The van der Waals surface area contributed by atoms with Crippen molar-refractivity contribution in [2.75, 3.05) is 4.90 Å². The molecule has 10 aromatic rings. The number of hydrogen-bond acceptors (Lipinski definition) is 3. The van der Waals surface area contributed by atoms with E-state index in [0.717, 1.165) is 56.7 Å². The first kappa shape index (κ1) is 34.9. The summed E-state index contributed by atoms with van der Waals surface area (Å²) in [7, 11) is 0. The summed E-state index contributed by atoms with van der Waals surface area (Å²) < 4.78 is 2.39. The van der Waals surface area contributed by atoms with Gasteiger partial charge < -0.3 is 9.47 Å². The van der Waals surface area contributed by atoms with Gasteiger partial charge in [0.25, 0.3) is 0 Å². The highest BCUT2D eigenvalue weighted by Gasteiger charge is 2.18. The van der Waals surface area contributed by atoms with Gasteiger partial charge in [0.05, 0.1) is 22.4 Å². The van der Waals surface area contributed by atoms with Crippen molar-refractivity contribution in [1.82, 2.24) is 14.5 Å². The maximum atomic E-state index is 5.10. The van der Waals surface area contributed by atoms with Gasteiger partial charge in [0.1, 0.15) is 0 Å². The topological polar surface area (TPSA) is 34.0 Å². The van der Waals surface area contributed by atoms with Crippen LogP contribution in [-0.2, 0) is 0 Å². The van der Waals surface area contributed by atoms with E-state index >= 15 is 0 Å². The molecule has 0 atom stereocenters. The van der Waals surface area contributed by atoms with Crippen molar-refractivity contribution < 1.29 is 0 Å². The van der Waals surface area contributed by atoms with E-state index in [1.165, 1.54) is 44.1 Å². The second-order valence-electron chi connectivity index (χ2n) is 14.8. The summed E-state index contributed by atoms with van der Waals surface area (Å²) >= 11 is 0. The Morgan fingerprint density at radius 1 is 0.379 bits per heavy atom. The molecule has 8 aromatic carbocycles. The van der Waals surface area contributed by atoms with Crippen molar-refractivity contribution >= 4 is 38.9 Å². The number of benzene rings is 8. The molecule has 10 rings (SSSR count). The fourth-order valence-electron chi connectivity index (χ4n) is 8.39. The summed E-state index contributed by atoms with van der Waals surface area (Å²) in [6.07, 6.45) is 0. The molecule has 0 unspecified atom stereocenters. The molecule has 2 heterocycles. The molecule has 4 heteroatoms. The Balaban J connectivity index is 1.03. The number of para-hydroxylation sites is 3. The van der Waals surface area contributed by atoms with Crippen molar-refractivity contribution in [2.24, 2.45) is 0 Å². The average molecular weight is 745 g/mol. The van der Waals surface area contributed by atoms with Crippen LogP contribution in [0.2, 0.25) is 0 Å². The van der Waals surface area contributed by atoms with E-state index in [-0.39, 0.29) is 0 Å². The SMILES string of the molecule is Cc1cc(-c2cc(-c3ccccc3)nc(-c3ccccc3)n2)cc(C)c1-c1ccc(-n2c3ccccc3c3cc(N(c4ccccc4)c4ccccc4)ccc32)cc1. The minimum absolute atomic E-state index is 0.720. The third kappa shape index (κ3) is 6.41. The van der Waals surface area contributed by atoms with Gasteiger partial charge in [0, 0.05) is 50.2 Å². The maximum absolute atomic E-state index is 5.10.